The molecule has 0 aliphatic carbocycles. The molecule has 4 aromatic rings. The molecule has 0 saturated heterocycles. The summed E-state index contributed by atoms with van der Waals surface area (Å²) in [7, 11) is 1.43. The largest absolute Gasteiger partial charge is 0.490 e. The average Bonchev–Trinajstić information content (AvgIpc) is 3.53. The van der Waals surface area contributed by atoms with E-state index in [9.17, 15) is 18.0 Å². The van der Waals surface area contributed by atoms with Crippen molar-refractivity contribution < 1.29 is 32.1 Å². The number of rotatable bonds is 12. The number of aromatic nitrogens is 5. The van der Waals surface area contributed by atoms with Crippen molar-refractivity contribution in [1.29, 1.82) is 0 Å². The minimum atomic E-state index is -5.06. The van der Waals surface area contributed by atoms with Gasteiger partial charge in [-0.25, -0.2) is 14.6 Å². The van der Waals surface area contributed by atoms with Crippen LogP contribution in [0.2, 0.25) is 0 Å². The second-order valence-corrected chi connectivity index (χ2v) is 8.69. The lowest BCUT2D eigenvalue weighted by Gasteiger charge is -2.24. The number of carbonyl (C=O) groups excluding carboxylic acids is 1. The van der Waals surface area contributed by atoms with Crippen LogP contribution in [0.4, 0.5) is 24.7 Å². The van der Waals surface area contributed by atoms with Crippen LogP contribution in [0.5, 0.6) is 5.75 Å². The van der Waals surface area contributed by atoms with Crippen LogP contribution >= 0.6 is 0 Å². The summed E-state index contributed by atoms with van der Waals surface area (Å²) in [4.78, 5) is 22.3. The summed E-state index contributed by atoms with van der Waals surface area (Å²) >= 11 is 0. The van der Waals surface area contributed by atoms with E-state index in [2.05, 4.69) is 15.3 Å². The van der Waals surface area contributed by atoms with Gasteiger partial charge in [-0.1, -0.05) is 12.1 Å². The Balaban J connectivity index is 1.87. The molecule has 0 fully saturated rings. The third-order valence-corrected chi connectivity index (χ3v) is 6.03. The van der Waals surface area contributed by atoms with Crippen LogP contribution in [0.1, 0.15) is 19.8 Å². The lowest BCUT2D eigenvalue weighted by molar-refractivity contribution is -0.170. The number of benzene rings is 1. The Kier molecular flexibility index (Phi) is 8.84. The van der Waals surface area contributed by atoms with Crippen molar-refractivity contribution in [3.05, 3.63) is 30.5 Å². The zero-order valence-electron chi connectivity index (χ0n) is 21.9. The first-order valence-electron chi connectivity index (χ1n) is 12.5. The highest BCUT2D eigenvalue weighted by Crippen LogP contribution is 2.37. The van der Waals surface area contributed by atoms with Crippen molar-refractivity contribution in [2.75, 3.05) is 44.0 Å². The number of hydrogen-bond donors (Lipinski definition) is 2. The molecule has 0 spiro atoms. The van der Waals surface area contributed by atoms with Crippen molar-refractivity contribution >= 4 is 28.4 Å². The summed E-state index contributed by atoms with van der Waals surface area (Å²) < 4.78 is 57.9. The quantitative estimate of drug-likeness (QED) is 0.245. The molecule has 4 N–H and O–H groups in total. The number of nitrogens with two attached hydrogens (primary N) is 2. The number of carbonyl (C=O) groups is 1. The van der Waals surface area contributed by atoms with E-state index < -0.39 is 12.1 Å². The van der Waals surface area contributed by atoms with Crippen LogP contribution in [0.15, 0.2) is 35.1 Å². The van der Waals surface area contributed by atoms with Crippen LogP contribution < -0.4 is 21.1 Å². The summed E-state index contributed by atoms with van der Waals surface area (Å²) in [6.07, 6.45) is -2.74. The third kappa shape index (κ3) is 5.84. The molecular weight excluding hydrogens is 533 g/mol. The first-order chi connectivity index (χ1) is 19.2. The lowest BCUT2D eigenvalue weighted by atomic mass is 10.1. The van der Waals surface area contributed by atoms with Gasteiger partial charge < -0.3 is 30.4 Å². The van der Waals surface area contributed by atoms with Gasteiger partial charge >= 0.3 is 12.1 Å². The molecule has 4 rings (SSSR count). The van der Waals surface area contributed by atoms with E-state index in [0.29, 0.717) is 64.9 Å². The topological polar surface area (TPSA) is 160 Å². The smallest absolute Gasteiger partial charge is 0.471 e. The molecule has 40 heavy (non-hydrogen) atoms. The maximum Gasteiger partial charge on any atom is 0.471 e. The molecule has 12 nitrogen and oxygen atoms in total. The fourth-order valence-electron chi connectivity index (χ4n) is 4.22. The van der Waals surface area contributed by atoms with Gasteiger partial charge in [0.15, 0.2) is 23.1 Å². The fraction of sp³-hybridized carbons (Fsp3) is 0.400. The minimum Gasteiger partial charge on any atom is -0.490 e. The number of anilines is 2. The molecule has 0 bridgehead atoms. The Hall–Kier alpha value is -4.24. The standard InChI is InChI=1S/C25H29F3N8O4/c1-3-35-21-17(39-12-5-9-29)14-31-18(19(21)32-23(35)20-22(30)34-40-33-20)15-7-4-8-16(13-15)36(10-6-11-38-2)24(37)25(26,27)28/h4,7-8,13-14H,3,5-6,9-12,29H2,1-2H3,(H2,30,34). The van der Waals surface area contributed by atoms with E-state index in [1.165, 1.54) is 25.4 Å². The van der Waals surface area contributed by atoms with Crippen LogP contribution in [0.3, 0.4) is 0 Å². The highest BCUT2D eigenvalue weighted by Gasteiger charge is 2.43. The number of halogens is 3. The molecule has 0 aliphatic heterocycles. The molecule has 0 radical (unpaired) electrons. The normalized spacial score (nSPS) is 11.8. The average molecular weight is 563 g/mol. The molecule has 1 amide bonds. The number of nitrogens with zero attached hydrogens (tertiary/aromatic N) is 6. The number of fused-ring (bicyclic) bond motifs is 1. The summed E-state index contributed by atoms with van der Waals surface area (Å²) in [5.41, 5.74) is 13.6. The van der Waals surface area contributed by atoms with E-state index >= 15 is 0 Å². The van der Waals surface area contributed by atoms with Crippen molar-refractivity contribution in [2.24, 2.45) is 5.73 Å². The Morgan fingerprint density at radius 1 is 1.18 bits per heavy atom. The second-order valence-electron chi connectivity index (χ2n) is 8.69. The van der Waals surface area contributed by atoms with Gasteiger partial charge in [-0.3, -0.25) is 4.79 Å². The maximum absolute atomic E-state index is 13.5. The highest BCUT2D eigenvalue weighted by atomic mass is 19.4. The molecule has 15 heteroatoms. The molecule has 0 atom stereocenters. The van der Waals surface area contributed by atoms with Gasteiger partial charge in [0.1, 0.15) is 11.0 Å². The zero-order chi connectivity index (χ0) is 28.9. The van der Waals surface area contributed by atoms with Crippen molar-refractivity contribution in [2.45, 2.75) is 32.5 Å². The number of hydrogen-bond acceptors (Lipinski definition) is 10. The minimum absolute atomic E-state index is 0.0319. The fourth-order valence-corrected chi connectivity index (χ4v) is 4.22. The summed E-state index contributed by atoms with van der Waals surface area (Å²) in [6.45, 7) is 3.07. The number of imidazole rings is 1. The van der Waals surface area contributed by atoms with Gasteiger partial charge in [0.25, 0.3) is 0 Å². The highest BCUT2D eigenvalue weighted by molar-refractivity contribution is 5.99. The maximum atomic E-state index is 13.5. The zero-order valence-corrected chi connectivity index (χ0v) is 21.9. The van der Waals surface area contributed by atoms with Crippen molar-refractivity contribution in [3.63, 3.8) is 0 Å². The van der Waals surface area contributed by atoms with Crippen molar-refractivity contribution in [3.8, 4) is 28.5 Å². The number of nitrogen functional groups attached to an aromatic ring is 1. The molecule has 0 unspecified atom stereocenters. The molecule has 3 aromatic heterocycles. The van der Waals surface area contributed by atoms with Gasteiger partial charge in [-0.15, -0.1) is 0 Å². The number of methoxy groups -OCH3 is 1. The summed E-state index contributed by atoms with van der Waals surface area (Å²) in [5, 5.41) is 7.52. The Labute approximate surface area is 227 Å². The first-order valence-corrected chi connectivity index (χ1v) is 12.5. The Morgan fingerprint density at radius 3 is 2.62 bits per heavy atom. The van der Waals surface area contributed by atoms with Gasteiger partial charge in [0.2, 0.25) is 0 Å². The number of alkyl halides is 3. The number of amides is 1. The molecule has 214 valence electrons. The monoisotopic (exact) mass is 562 g/mol. The van der Waals surface area contributed by atoms with Gasteiger partial charge in [0.05, 0.1) is 18.5 Å². The van der Waals surface area contributed by atoms with Gasteiger partial charge in [-0.2, -0.15) is 13.2 Å². The second kappa shape index (κ2) is 12.3. The van der Waals surface area contributed by atoms with E-state index in [4.69, 9.17) is 30.6 Å². The summed E-state index contributed by atoms with van der Waals surface area (Å²) in [6, 6.07) is 6.11. The predicted molar refractivity (Wildman–Crippen MR) is 140 cm³/mol. The van der Waals surface area contributed by atoms with Crippen LogP contribution in [-0.2, 0) is 16.1 Å². The third-order valence-electron chi connectivity index (χ3n) is 6.03. The molecule has 1 aromatic carbocycles. The van der Waals surface area contributed by atoms with E-state index in [1.54, 1.807) is 12.1 Å². The van der Waals surface area contributed by atoms with Crippen LogP contribution in [-0.4, -0.2) is 70.3 Å². The van der Waals surface area contributed by atoms with Gasteiger partial charge in [-0.05, 0) is 48.8 Å². The number of pyridine rings is 1. The first kappa shape index (κ1) is 28.8. The number of ether oxygens (including phenoxy) is 2. The Morgan fingerprint density at radius 2 is 1.98 bits per heavy atom. The number of aryl methyl sites for hydroxylation is 1. The van der Waals surface area contributed by atoms with E-state index in [0.717, 1.165) is 0 Å². The van der Waals surface area contributed by atoms with E-state index in [-0.39, 0.29) is 36.8 Å². The molecule has 0 aliphatic rings. The summed E-state index contributed by atoms with van der Waals surface area (Å²) in [5.74, 6) is -1.18. The predicted octanol–water partition coefficient (Wildman–Crippen LogP) is 3.41. The lowest BCUT2D eigenvalue weighted by Crippen LogP contribution is -2.42. The Bertz CT molecular complexity index is 1470. The molecule has 0 saturated carbocycles. The van der Waals surface area contributed by atoms with Crippen LogP contribution in [0, 0.1) is 0 Å². The van der Waals surface area contributed by atoms with Crippen molar-refractivity contribution in [1.82, 2.24) is 24.8 Å². The van der Waals surface area contributed by atoms with Gasteiger partial charge in [0, 0.05) is 38.1 Å². The van der Waals surface area contributed by atoms with E-state index in [1.807, 2.05) is 11.5 Å². The SMILES string of the molecule is CCn1c(-c2nonc2N)nc2c(-c3cccc(N(CCCOC)C(=O)C(F)(F)F)c3)ncc(OCCCN)c21. The van der Waals surface area contributed by atoms with Crippen LogP contribution in [0.25, 0.3) is 33.8 Å². The molecular formula is C25H29F3N8O4. The molecule has 3 heterocycles.